The maximum atomic E-state index is 12.5. The molecule has 8 nitrogen and oxygen atoms in total. The second kappa shape index (κ2) is 9.97. The van der Waals surface area contributed by atoms with Crippen LogP contribution in [0.25, 0.3) is 0 Å². The van der Waals surface area contributed by atoms with Crippen LogP contribution in [0.15, 0.2) is 28.5 Å². The van der Waals surface area contributed by atoms with Crippen LogP contribution in [0.4, 0.5) is 5.13 Å². The molecule has 1 aliphatic heterocycles. The van der Waals surface area contributed by atoms with Crippen molar-refractivity contribution in [2.24, 2.45) is 0 Å². The molecule has 31 heavy (non-hydrogen) atoms. The minimum Gasteiger partial charge on any atom is -0.486 e. The van der Waals surface area contributed by atoms with Gasteiger partial charge >= 0.3 is 0 Å². The summed E-state index contributed by atoms with van der Waals surface area (Å²) in [5.41, 5.74) is 0.908. The SMILES string of the molecule is CC(C)(C)c1csc(NC(=O)CCCCCNS(=O)(=O)c2ccc3c(c2)OCCO3)n1. The quantitative estimate of drug-likeness (QED) is 0.545. The first kappa shape index (κ1) is 23.5. The number of hydrogen-bond donors (Lipinski definition) is 2. The van der Waals surface area contributed by atoms with Crippen molar-refractivity contribution in [2.75, 3.05) is 25.1 Å². The van der Waals surface area contributed by atoms with Crippen molar-refractivity contribution in [3.8, 4) is 11.5 Å². The molecule has 0 fully saturated rings. The second-order valence-corrected chi connectivity index (χ2v) is 11.0. The van der Waals surface area contributed by atoms with Crippen molar-refractivity contribution in [3.63, 3.8) is 0 Å². The van der Waals surface area contributed by atoms with Crippen LogP contribution in [0, 0.1) is 0 Å². The molecule has 2 heterocycles. The molecule has 0 spiro atoms. The summed E-state index contributed by atoms with van der Waals surface area (Å²) in [7, 11) is -3.62. The monoisotopic (exact) mass is 467 g/mol. The van der Waals surface area contributed by atoms with Gasteiger partial charge in [-0.1, -0.05) is 27.2 Å². The summed E-state index contributed by atoms with van der Waals surface area (Å²) in [5.74, 6) is 0.914. The topological polar surface area (TPSA) is 107 Å². The van der Waals surface area contributed by atoms with Crippen LogP contribution in [0.1, 0.15) is 52.1 Å². The number of thiazole rings is 1. The smallest absolute Gasteiger partial charge is 0.240 e. The van der Waals surface area contributed by atoms with Gasteiger partial charge in [-0.3, -0.25) is 4.79 Å². The molecule has 0 saturated heterocycles. The van der Waals surface area contributed by atoms with E-state index < -0.39 is 10.0 Å². The molecule has 0 bridgehead atoms. The Hall–Kier alpha value is -2.17. The predicted octanol–water partition coefficient (Wildman–Crippen LogP) is 3.69. The zero-order valence-corrected chi connectivity index (χ0v) is 19.7. The highest BCUT2D eigenvalue weighted by atomic mass is 32.2. The number of fused-ring (bicyclic) bond motifs is 1. The Morgan fingerprint density at radius 3 is 2.58 bits per heavy atom. The maximum Gasteiger partial charge on any atom is 0.240 e. The minimum absolute atomic E-state index is 0.0489. The van der Waals surface area contributed by atoms with Crippen LogP contribution in [0.3, 0.4) is 0 Å². The number of sulfonamides is 1. The van der Waals surface area contributed by atoms with Crippen LogP contribution in [0.2, 0.25) is 0 Å². The lowest BCUT2D eigenvalue weighted by Crippen LogP contribution is -2.25. The molecule has 2 N–H and O–H groups in total. The number of benzene rings is 1. The third kappa shape index (κ3) is 6.65. The molecular weight excluding hydrogens is 438 g/mol. The van der Waals surface area contributed by atoms with Crippen LogP contribution in [-0.4, -0.2) is 39.1 Å². The molecule has 1 aliphatic rings. The average molecular weight is 468 g/mol. The first-order valence-electron chi connectivity index (χ1n) is 10.3. The standard InChI is InChI=1S/C21H29N3O5S2/c1-21(2,3)18-14-30-20(23-18)24-19(25)7-5-4-6-10-22-31(26,27)15-8-9-16-17(13-15)29-12-11-28-16/h8-9,13-14,22H,4-7,10-12H2,1-3H3,(H,23,24,25). The summed E-state index contributed by atoms with van der Waals surface area (Å²) in [5, 5.41) is 5.41. The lowest BCUT2D eigenvalue weighted by molar-refractivity contribution is -0.116. The van der Waals surface area contributed by atoms with E-state index in [2.05, 4.69) is 35.8 Å². The first-order valence-corrected chi connectivity index (χ1v) is 12.7. The van der Waals surface area contributed by atoms with Gasteiger partial charge in [-0.15, -0.1) is 11.3 Å². The number of anilines is 1. The number of rotatable bonds is 9. The number of amides is 1. The number of aromatic nitrogens is 1. The molecule has 0 unspecified atom stereocenters. The molecule has 0 radical (unpaired) electrons. The Labute approximate surface area is 187 Å². The molecule has 3 rings (SSSR count). The van der Waals surface area contributed by atoms with Crippen LogP contribution in [-0.2, 0) is 20.2 Å². The fraction of sp³-hybridized carbons (Fsp3) is 0.524. The third-order valence-corrected chi connectivity index (χ3v) is 6.93. The molecular formula is C21H29N3O5S2. The molecule has 1 amide bonds. The van der Waals surface area contributed by atoms with Crippen molar-refractivity contribution in [3.05, 3.63) is 29.3 Å². The molecule has 0 aliphatic carbocycles. The van der Waals surface area contributed by atoms with Crippen molar-refractivity contribution in [1.82, 2.24) is 9.71 Å². The summed E-state index contributed by atoms with van der Waals surface area (Å²) in [6, 6.07) is 4.59. The Balaban J connectivity index is 1.36. The van der Waals surface area contributed by atoms with E-state index in [0.29, 0.717) is 55.7 Å². The number of hydrogen-bond acceptors (Lipinski definition) is 7. The number of nitrogens with zero attached hydrogens (tertiary/aromatic N) is 1. The van der Waals surface area contributed by atoms with Gasteiger partial charge in [0, 0.05) is 29.8 Å². The fourth-order valence-corrected chi connectivity index (χ4v) is 4.97. The fourth-order valence-electron chi connectivity index (χ4n) is 2.93. The molecule has 0 saturated carbocycles. The molecule has 0 atom stereocenters. The van der Waals surface area contributed by atoms with E-state index >= 15 is 0 Å². The maximum absolute atomic E-state index is 12.5. The summed E-state index contributed by atoms with van der Waals surface area (Å²) in [6.45, 7) is 7.40. The minimum atomic E-state index is -3.62. The van der Waals surface area contributed by atoms with E-state index in [1.54, 1.807) is 6.07 Å². The van der Waals surface area contributed by atoms with Gasteiger partial charge < -0.3 is 14.8 Å². The van der Waals surface area contributed by atoms with Crippen LogP contribution >= 0.6 is 11.3 Å². The Bertz CT molecular complexity index is 1010. The number of unbranched alkanes of at least 4 members (excludes halogenated alkanes) is 2. The van der Waals surface area contributed by atoms with E-state index in [1.807, 2.05) is 5.38 Å². The van der Waals surface area contributed by atoms with Gasteiger partial charge in [0.05, 0.1) is 10.6 Å². The Morgan fingerprint density at radius 1 is 1.13 bits per heavy atom. The van der Waals surface area contributed by atoms with Gasteiger partial charge in [0.1, 0.15) is 13.2 Å². The van der Waals surface area contributed by atoms with E-state index in [0.717, 1.165) is 12.1 Å². The molecule has 10 heteroatoms. The highest BCUT2D eigenvalue weighted by Gasteiger charge is 2.19. The van der Waals surface area contributed by atoms with Gasteiger partial charge in [-0.2, -0.15) is 0 Å². The van der Waals surface area contributed by atoms with Crippen LogP contribution in [0.5, 0.6) is 11.5 Å². The zero-order valence-electron chi connectivity index (χ0n) is 18.1. The van der Waals surface area contributed by atoms with E-state index in [1.165, 1.54) is 23.5 Å². The molecule has 2 aromatic rings. The highest BCUT2D eigenvalue weighted by molar-refractivity contribution is 7.89. The molecule has 1 aromatic carbocycles. The first-order chi connectivity index (χ1) is 14.6. The predicted molar refractivity (Wildman–Crippen MR) is 121 cm³/mol. The van der Waals surface area contributed by atoms with E-state index in [4.69, 9.17) is 9.47 Å². The summed E-state index contributed by atoms with van der Waals surface area (Å²) in [6.07, 6.45) is 2.43. The summed E-state index contributed by atoms with van der Waals surface area (Å²) >= 11 is 1.42. The van der Waals surface area contributed by atoms with E-state index in [-0.39, 0.29) is 16.2 Å². The number of carbonyl (C=O) groups excluding carboxylic acids is 1. The summed E-state index contributed by atoms with van der Waals surface area (Å²) in [4.78, 5) is 16.7. The Kier molecular flexibility index (Phi) is 7.55. The van der Waals surface area contributed by atoms with Crippen LogP contribution < -0.4 is 19.5 Å². The molecule has 1 aromatic heterocycles. The Morgan fingerprint density at radius 2 is 1.87 bits per heavy atom. The lowest BCUT2D eigenvalue weighted by Gasteiger charge is -2.18. The van der Waals surface area contributed by atoms with Gasteiger partial charge in [0.2, 0.25) is 15.9 Å². The van der Waals surface area contributed by atoms with Gasteiger partial charge in [0.25, 0.3) is 0 Å². The molecule has 170 valence electrons. The normalized spacial score (nSPS) is 13.8. The van der Waals surface area contributed by atoms with Gasteiger partial charge in [0.15, 0.2) is 16.6 Å². The lowest BCUT2D eigenvalue weighted by atomic mass is 9.93. The highest BCUT2D eigenvalue weighted by Crippen LogP contribution is 2.32. The summed E-state index contributed by atoms with van der Waals surface area (Å²) < 4.78 is 38.4. The van der Waals surface area contributed by atoms with E-state index in [9.17, 15) is 13.2 Å². The number of ether oxygens (including phenoxy) is 2. The van der Waals surface area contributed by atoms with Crippen molar-refractivity contribution in [2.45, 2.75) is 56.8 Å². The van der Waals surface area contributed by atoms with Gasteiger partial charge in [-0.25, -0.2) is 18.1 Å². The van der Waals surface area contributed by atoms with Crippen molar-refractivity contribution < 1.29 is 22.7 Å². The van der Waals surface area contributed by atoms with Gasteiger partial charge in [-0.05, 0) is 25.0 Å². The van der Waals surface area contributed by atoms with Crippen molar-refractivity contribution in [1.29, 1.82) is 0 Å². The number of nitrogens with one attached hydrogen (secondary N) is 2. The average Bonchev–Trinajstić information content (AvgIpc) is 3.19. The second-order valence-electron chi connectivity index (χ2n) is 8.35. The largest absolute Gasteiger partial charge is 0.486 e. The zero-order chi connectivity index (χ0) is 22.5. The third-order valence-electron chi connectivity index (χ3n) is 4.72. The van der Waals surface area contributed by atoms with Crippen molar-refractivity contribution >= 4 is 32.4 Å². The number of carbonyl (C=O) groups is 1.